The summed E-state index contributed by atoms with van der Waals surface area (Å²) in [6, 6.07) is 8.36. The van der Waals surface area contributed by atoms with E-state index in [1.165, 1.54) is 11.1 Å². The number of fused-ring (bicyclic) bond motifs is 1. The van der Waals surface area contributed by atoms with Gasteiger partial charge < -0.3 is 20.2 Å². The van der Waals surface area contributed by atoms with Crippen molar-refractivity contribution in [1.82, 2.24) is 14.9 Å². The Morgan fingerprint density at radius 1 is 1.19 bits per heavy atom. The molecule has 0 radical (unpaired) electrons. The standard InChI is InChI=1S/C21H31N5O/c1-15-12-19(24-20(23-15)22-9-11-25(4)5)26-10-8-16-13-18(21(2,3)27)7-6-17(16)14-26/h6-7,12-13,27H,8-11,14H2,1-5H3,(H,22,23,24). The Bertz CT molecular complexity index is 798. The lowest BCUT2D eigenvalue weighted by Gasteiger charge is -2.31. The van der Waals surface area contributed by atoms with Gasteiger partial charge in [0.1, 0.15) is 5.82 Å². The fraction of sp³-hybridized carbons (Fsp3) is 0.524. The maximum atomic E-state index is 10.2. The van der Waals surface area contributed by atoms with E-state index >= 15 is 0 Å². The average molecular weight is 370 g/mol. The molecular formula is C21H31N5O. The van der Waals surface area contributed by atoms with Gasteiger partial charge >= 0.3 is 0 Å². The van der Waals surface area contributed by atoms with Gasteiger partial charge in [-0.15, -0.1) is 0 Å². The molecule has 6 heteroatoms. The third kappa shape index (κ3) is 4.96. The molecule has 1 aromatic heterocycles. The van der Waals surface area contributed by atoms with Crippen molar-refractivity contribution >= 4 is 11.8 Å². The smallest absolute Gasteiger partial charge is 0.224 e. The van der Waals surface area contributed by atoms with Crippen LogP contribution in [0.15, 0.2) is 24.3 Å². The molecule has 0 spiro atoms. The maximum Gasteiger partial charge on any atom is 0.224 e. The molecule has 2 heterocycles. The van der Waals surface area contributed by atoms with Crippen LogP contribution in [0, 0.1) is 6.92 Å². The van der Waals surface area contributed by atoms with E-state index in [0.717, 1.165) is 49.7 Å². The van der Waals surface area contributed by atoms with Crippen LogP contribution in [0.1, 0.15) is 36.2 Å². The number of likely N-dealkylation sites (N-methyl/N-ethyl adjacent to an activating group) is 1. The number of anilines is 2. The lowest BCUT2D eigenvalue weighted by atomic mass is 9.91. The van der Waals surface area contributed by atoms with Gasteiger partial charge in [0.15, 0.2) is 0 Å². The Morgan fingerprint density at radius 2 is 1.96 bits per heavy atom. The summed E-state index contributed by atoms with van der Waals surface area (Å²) < 4.78 is 0. The van der Waals surface area contributed by atoms with Crippen LogP contribution in [-0.2, 0) is 18.6 Å². The van der Waals surface area contributed by atoms with Crippen molar-refractivity contribution in [2.24, 2.45) is 0 Å². The Hall–Kier alpha value is -2.18. The van der Waals surface area contributed by atoms with E-state index in [-0.39, 0.29) is 0 Å². The molecule has 1 aromatic carbocycles. The largest absolute Gasteiger partial charge is 0.386 e. The van der Waals surface area contributed by atoms with Crippen molar-refractivity contribution in [3.63, 3.8) is 0 Å². The lowest BCUT2D eigenvalue weighted by molar-refractivity contribution is 0.0785. The molecule has 146 valence electrons. The highest BCUT2D eigenvalue weighted by atomic mass is 16.3. The fourth-order valence-corrected chi connectivity index (χ4v) is 3.31. The van der Waals surface area contributed by atoms with Gasteiger partial charge in [-0.2, -0.15) is 4.98 Å². The number of aromatic nitrogens is 2. The molecule has 27 heavy (non-hydrogen) atoms. The highest BCUT2D eigenvalue weighted by Gasteiger charge is 2.22. The first kappa shape index (κ1) is 19.6. The minimum absolute atomic E-state index is 0.690. The zero-order chi connectivity index (χ0) is 19.6. The van der Waals surface area contributed by atoms with E-state index in [0.29, 0.717) is 5.95 Å². The van der Waals surface area contributed by atoms with Crippen molar-refractivity contribution in [2.75, 3.05) is 43.9 Å². The van der Waals surface area contributed by atoms with E-state index in [9.17, 15) is 5.11 Å². The number of rotatable bonds is 6. The molecule has 0 bridgehead atoms. The Morgan fingerprint density at radius 3 is 2.67 bits per heavy atom. The van der Waals surface area contributed by atoms with Crippen molar-refractivity contribution < 1.29 is 5.11 Å². The van der Waals surface area contributed by atoms with Gasteiger partial charge in [-0.25, -0.2) is 4.98 Å². The minimum atomic E-state index is -0.803. The minimum Gasteiger partial charge on any atom is -0.386 e. The first-order valence-electron chi connectivity index (χ1n) is 9.56. The number of nitrogens with zero attached hydrogens (tertiary/aromatic N) is 4. The molecule has 0 unspecified atom stereocenters. The molecule has 0 saturated heterocycles. The number of nitrogens with one attached hydrogen (secondary N) is 1. The first-order valence-corrected chi connectivity index (χ1v) is 9.56. The normalized spacial score (nSPS) is 14.4. The van der Waals surface area contributed by atoms with Crippen LogP contribution in [-0.4, -0.2) is 53.7 Å². The summed E-state index contributed by atoms with van der Waals surface area (Å²) >= 11 is 0. The second kappa shape index (κ2) is 7.82. The van der Waals surface area contributed by atoms with Gasteiger partial charge in [0.05, 0.1) is 5.60 Å². The molecule has 3 rings (SSSR count). The van der Waals surface area contributed by atoms with Crippen molar-refractivity contribution in [3.8, 4) is 0 Å². The number of aryl methyl sites for hydroxylation is 1. The Balaban J connectivity index is 1.75. The number of aliphatic hydroxyl groups is 1. The summed E-state index contributed by atoms with van der Waals surface area (Å²) in [6.45, 7) is 9.17. The lowest BCUT2D eigenvalue weighted by Crippen LogP contribution is -2.32. The SMILES string of the molecule is Cc1cc(N2CCc3cc(C(C)(C)O)ccc3C2)nc(NCCN(C)C)n1. The van der Waals surface area contributed by atoms with Crippen LogP contribution in [0.2, 0.25) is 0 Å². The third-order valence-electron chi connectivity index (χ3n) is 4.93. The quantitative estimate of drug-likeness (QED) is 0.816. The average Bonchev–Trinajstić information content (AvgIpc) is 2.59. The molecule has 2 N–H and O–H groups in total. The van der Waals surface area contributed by atoms with E-state index in [4.69, 9.17) is 4.98 Å². The summed E-state index contributed by atoms with van der Waals surface area (Å²) in [7, 11) is 4.11. The number of hydrogen-bond donors (Lipinski definition) is 2. The van der Waals surface area contributed by atoms with Gasteiger partial charge in [0.2, 0.25) is 5.95 Å². The number of benzene rings is 1. The van der Waals surface area contributed by atoms with Crippen LogP contribution < -0.4 is 10.2 Å². The van der Waals surface area contributed by atoms with Crippen molar-refractivity contribution in [1.29, 1.82) is 0 Å². The second-order valence-electron chi connectivity index (χ2n) is 8.14. The summed E-state index contributed by atoms with van der Waals surface area (Å²) in [4.78, 5) is 13.7. The molecular weight excluding hydrogens is 338 g/mol. The van der Waals surface area contributed by atoms with Crippen molar-refractivity contribution in [3.05, 3.63) is 46.6 Å². The monoisotopic (exact) mass is 369 g/mol. The van der Waals surface area contributed by atoms with E-state index in [1.54, 1.807) is 0 Å². The van der Waals surface area contributed by atoms with E-state index < -0.39 is 5.60 Å². The molecule has 0 atom stereocenters. The zero-order valence-corrected chi connectivity index (χ0v) is 17.1. The number of hydrogen-bond acceptors (Lipinski definition) is 6. The fourth-order valence-electron chi connectivity index (χ4n) is 3.31. The predicted octanol–water partition coefficient (Wildman–Crippen LogP) is 2.55. The maximum absolute atomic E-state index is 10.2. The zero-order valence-electron chi connectivity index (χ0n) is 17.1. The van der Waals surface area contributed by atoms with Crippen LogP contribution in [0.4, 0.5) is 11.8 Å². The predicted molar refractivity (Wildman–Crippen MR) is 110 cm³/mol. The molecule has 0 aliphatic carbocycles. The first-order chi connectivity index (χ1) is 12.7. The van der Waals surface area contributed by atoms with Crippen molar-refractivity contribution in [2.45, 2.75) is 39.3 Å². The molecule has 6 nitrogen and oxygen atoms in total. The van der Waals surface area contributed by atoms with Gasteiger partial charge in [-0.05, 0) is 58.0 Å². The molecule has 0 saturated carbocycles. The molecule has 1 aliphatic rings. The van der Waals surface area contributed by atoms with Crippen LogP contribution in [0.3, 0.4) is 0 Å². The van der Waals surface area contributed by atoms with Gasteiger partial charge in [0, 0.05) is 37.9 Å². The van der Waals surface area contributed by atoms with E-state index in [1.807, 2.05) is 32.9 Å². The summed E-state index contributed by atoms with van der Waals surface area (Å²) in [5.41, 5.74) is 3.76. The Labute approximate surface area is 162 Å². The highest BCUT2D eigenvalue weighted by Crippen LogP contribution is 2.28. The van der Waals surface area contributed by atoms with Crippen LogP contribution in [0.25, 0.3) is 0 Å². The van der Waals surface area contributed by atoms with E-state index in [2.05, 4.69) is 46.3 Å². The van der Waals surface area contributed by atoms with Gasteiger partial charge in [0.25, 0.3) is 0 Å². The molecule has 0 amide bonds. The molecule has 0 fully saturated rings. The summed E-state index contributed by atoms with van der Waals surface area (Å²) in [5, 5.41) is 13.6. The summed E-state index contributed by atoms with van der Waals surface area (Å²) in [5.74, 6) is 1.65. The Kier molecular flexibility index (Phi) is 5.67. The van der Waals surface area contributed by atoms with Gasteiger partial charge in [-0.3, -0.25) is 0 Å². The second-order valence-corrected chi connectivity index (χ2v) is 8.14. The van der Waals surface area contributed by atoms with Crippen LogP contribution >= 0.6 is 0 Å². The summed E-state index contributed by atoms with van der Waals surface area (Å²) in [6.07, 6.45) is 0.950. The van der Waals surface area contributed by atoms with Crippen LogP contribution in [0.5, 0.6) is 0 Å². The van der Waals surface area contributed by atoms with Gasteiger partial charge in [-0.1, -0.05) is 18.2 Å². The highest BCUT2D eigenvalue weighted by molar-refractivity contribution is 5.49. The third-order valence-corrected chi connectivity index (χ3v) is 4.93. The molecule has 1 aliphatic heterocycles. The molecule has 2 aromatic rings. The topological polar surface area (TPSA) is 64.5 Å².